The summed E-state index contributed by atoms with van der Waals surface area (Å²) in [5.41, 5.74) is 0. The van der Waals surface area contributed by atoms with Crippen LogP contribution >= 0.6 is 0 Å². The van der Waals surface area contributed by atoms with Gasteiger partial charge >= 0.3 is 0 Å². The number of nitrogens with one attached hydrogen (secondary N) is 1. The number of hydrogen-bond donors (Lipinski definition) is 12. The van der Waals surface area contributed by atoms with Crippen LogP contribution in [0.1, 0.15) is 271 Å². The Hall–Kier alpha value is -1.47. The zero-order chi connectivity index (χ0) is 61.9. The van der Waals surface area contributed by atoms with Gasteiger partial charge in [-0.2, -0.15) is 0 Å². The van der Waals surface area contributed by atoms with Gasteiger partial charge in [0.2, 0.25) is 5.91 Å². The highest BCUT2D eigenvalue weighted by Crippen LogP contribution is 2.33. The number of aliphatic hydroxyl groups is 11. The van der Waals surface area contributed by atoms with Crippen LogP contribution in [0.2, 0.25) is 0 Å². The molecule has 12 N–H and O–H groups in total. The maximum atomic E-state index is 13.4. The minimum absolute atomic E-state index is 0.249. The van der Waals surface area contributed by atoms with Gasteiger partial charge in [-0.25, -0.2) is 0 Å². The largest absolute Gasteiger partial charge is 0.394 e. The van der Waals surface area contributed by atoms with E-state index < -0.39 is 124 Å². The molecule has 0 radical (unpaired) electrons. The average molecular weight is 1220 g/mol. The SMILES string of the molecule is CCCCCCCCCCCCCCCCCCCCCC/C=C/C(O)C(COC1OC(CO)C(OC2OC(CO)C(OC3OC(CO)C(O)C(O)C3O)C(O)C2O)C(O)C1O)NC(=O)CCCCCCCCCCCCCCCCCCCC. The molecule has 17 unspecified atom stereocenters. The normalized spacial score (nSPS) is 29.0. The lowest BCUT2D eigenvalue weighted by Gasteiger charge is -2.48. The molecule has 3 heterocycles. The van der Waals surface area contributed by atoms with Crippen LogP contribution in [0.4, 0.5) is 0 Å². The van der Waals surface area contributed by atoms with E-state index in [9.17, 15) is 61.0 Å². The molecule has 3 aliphatic heterocycles. The Morgan fingerprint density at radius 3 is 1.11 bits per heavy atom. The number of ether oxygens (including phenoxy) is 6. The molecular weight excluding hydrogens is 1090 g/mol. The Labute approximate surface area is 512 Å². The molecule has 3 rings (SSSR count). The summed E-state index contributed by atoms with van der Waals surface area (Å²) in [6.07, 6.45) is 26.1. The molecule has 19 nitrogen and oxygen atoms in total. The molecular formula is C66H125NO18. The second-order valence-electron chi connectivity index (χ2n) is 25.0. The lowest BCUT2D eigenvalue weighted by Crippen LogP contribution is -2.66. The molecule has 502 valence electrons. The first-order valence-corrected chi connectivity index (χ1v) is 34.4. The number of allylic oxidation sites excluding steroid dienone is 1. The van der Waals surface area contributed by atoms with Crippen molar-refractivity contribution in [2.24, 2.45) is 0 Å². The van der Waals surface area contributed by atoms with Gasteiger partial charge in [0.05, 0.1) is 38.6 Å². The highest BCUT2D eigenvalue weighted by molar-refractivity contribution is 5.76. The van der Waals surface area contributed by atoms with Crippen LogP contribution in [-0.2, 0) is 33.2 Å². The predicted molar refractivity (Wildman–Crippen MR) is 328 cm³/mol. The minimum Gasteiger partial charge on any atom is -0.394 e. The summed E-state index contributed by atoms with van der Waals surface area (Å²) in [6, 6.07) is -0.968. The van der Waals surface area contributed by atoms with Gasteiger partial charge in [0.25, 0.3) is 0 Å². The Bertz CT molecular complexity index is 1600. The molecule has 0 bridgehead atoms. The summed E-state index contributed by atoms with van der Waals surface area (Å²) in [6.45, 7) is 1.77. The number of hydrogen-bond acceptors (Lipinski definition) is 18. The van der Waals surface area contributed by atoms with E-state index in [1.807, 2.05) is 6.08 Å². The van der Waals surface area contributed by atoms with E-state index in [1.165, 1.54) is 199 Å². The quantitative estimate of drug-likeness (QED) is 0.0201. The smallest absolute Gasteiger partial charge is 0.220 e. The number of carbonyl (C=O) groups is 1. The second kappa shape index (κ2) is 49.3. The van der Waals surface area contributed by atoms with Crippen LogP contribution in [0.5, 0.6) is 0 Å². The van der Waals surface area contributed by atoms with Gasteiger partial charge in [0.1, 0.15) is 73.2 Å². The predicted octanol–water partition coefficient (Wildman–Crippen LogP) is 8.50. The third-order valence-electron chi connectivity index (χ3n) is 17.6. The van der Waals surface area contributed by atoms with E-state index in [0.717, 1.165) is 44.9 Å². The third kappa shape index (κ3) is 31.9. The van der Waals surface area contributed by atoms with E-state index in [4.69, 9.17) is 28.4 Å². The van der Waals surface area contributed by atoms with Crippen molar-refractivity contribution in [3.05, 3.63) is 12.2 Å². The maximum absolute atomic E-state index is 13.4. The number of amides is 1. The molecule has 3 aliphatic rings. The molecule has 0 spiro atoms. The van der Waals surface area contributed by atoms with Gasteiger partial charge in [-0.15, -0.1) is 0 Å². The van der Waals surface area contributed by atoms with Crippen LogP contribution in [0.25, 0.3) is 0 Å². The molecule has 19 heteroatoms. The number of rotatable bonds is 53. The summed E-state index contributed by atoms with van der Waals surface area (Å²) < 4.78 is 34.4. The number of carbonyl (C=O) groups excluding carboxylic acids is 1. The van der Waals surface area contributed by atoms with E-state index in [2.05, 4.69) is 19.2 Å². The third-order valence-corrected chi connectivity index (χ3v) is 17.6. The van der Waals surface area contributed by atoms with Crippen LogP contribution < -0.4 is 5.32 Å². The topological polar surface area (TPSA) is 307 Å². The highest BCUT2D eigenvalue weighted by Gasteiger charge is 2.53. The van der Waals surface area contributed by atoms with Crippen molar-refractivity contribution in [1.82, 2.24) is 5.32 Å². The monoisotopic (exact) mass is 1220 g/mol. The maximum Gasteiger partial charge on any atom is 0.220 e. The Balaban J connectivity index is 1.45. The van der Waals surface area contributed by atoms with Crippen molar-refractivity contribution >= 4 is 5.91 Å². The summed E-state index contributed by atoms with van der Waals surface area (Å²) in [5.74, 6) is -0.270. The van der Waals surface area contributed by atoms with E-state index in [-0.39, 0.29) is 18.9 Å². The van der Waals surface area contributed by atoms with Gasteiger partial charge in [0.15, 0.2) is 18.9 Å². The second-order valence-corrected chi connectivity index (χ2v) is 25.0. The van der Waals surface area contributed by atoms with Gasteiger partial charge in [0, 0.05) is 6.42 Å². The fraction of sp³-hybridized carbons (Fsp3) is 0.955. The fourth-order valence-corrected chi connectivity index (χ4v) is 12.0. The number of unbranched alkanes of at least 4 members (excludes halogenated alkanes) is 37. The number of aliphatic hydroxyl groups excluding tert-OH is 11. The zero-order valence-corrected chi connectivity index (χ0v) is 52.9. The Morgan fingerprint density at radius 2 is 0.729 bits per heavy atom. The van der Waals surface area contributed by atoms with Gasteiger partial charge in [-0.05, 0) is 19.3 Å². The van der Waals surface area contributed by atoms with Crippen molar-refractivity contribution in [2.45, 2.75) is 375 Å². The molecule has 85 heavy (non-hydrogen) atoms. The molecule has 3 fully saturated rings. The Morgan fingerprint density at radius 1 is 0.412 bits per heavy atom. The lowest BCUT2D eigenvalue weighted by atomic mass is 9.96. The minimum atomic E-state index is -1.98. The first-order valence-electron chi connectivity index (χ1n) is 34.4. The van der Waals surface area contributed by atoms with Crippen molar-refractivity contribution in [3.63, 3.8) is 0 Å². The van der Waals surface area contributed by atoms with Crippen LogP contribution in [0, 0.1) is 0 Å². The first kappa shape index (κ1) is 77.8. The summed E-state index contributed by atoms with van der Waals surface area (Å²) in [7, 11) is 0. The van der Waals surface area contributed by atoms with E-state index in [1.54, 1.807) is 6.08 Å². The molecule has 3 saturated heterocycles. The van der Waals surface area contributed by atoms with Crippen LogP contribution in [-0.4, -0.2) is 193 Å². The van der Waals surface area contributed by atoms with Crippen LogP contribution in [0.15, 0.2) is 12.2 Å². The Kier molecular flexibility index (Phi) is 45.1. The van der Waals surface area contributed by atoms with Gasteiger partial charge in [-0.3, -0.25) is 4.79 Å². The summed E-state index contributed by atoms with van der Waals surface area (Å²) >= 11 is 0. The van der Waals surface area contributed by atoms with Gasteiger partial charge < -0.3 is 89.9 Å². The van der Waals surface area contributed by atoms with Crippen molar-refractivity contribution in [3.8, 4) is 0 Å². The van der Waals surface area contributed by atoms with Crippen molar-refractivity contribution in [2.75, 3.05) is 26.4 Å². The highest BCUT2D eigenvalue weighted by atomic mass is 16.8. The molecule has 1 amide bonds. The van der Waals surface area contributed by atoms with Crippen molar-refractivity contribution in [1.29, 1.82) is 0 Å². The average Bonchev–Trinajstić information content (AvgIpc) is 3.10. The molecule has 0 aromatic carbocycles. The molecule has 17 atom stereocenters. The summed E-state index contributed by atoms with van der Waals surface area (Å²) in [5, 5.41) is 120. The molecule has 0 aromatic heterocycles. The van der Waals surface area contributed by atoms with E-state index >= 15 is 0 Å². The lowest BCUT2D eigenvalue weighted by molar-refractivity contribution is -0.379. The van der Waals surface area contributed by atoms with Crippen LogP contribution in [0.3, 0.4) is 0 Å². The molecule has 0 aromatic rings. The fourth-order valence-electron chi connectivity index (χ4n) is 12.0. The standard InChI is InChI=1S/C66H125NO18/c1-3-5-7-9-11-13-15-17-19-21-23-24-25-26-27-29-31-33-35-37-39-41-43-50(71)49(67-54(72)44-42-40-38-36-34-32-30-28-22-20-18-16-14-12-10-8-6-4-2)48-80-64-60(78)57(75)62(52(46-69)82-64)85-66-61(79)58(76)63(53(47-70)83-66)84-65-59(77)56(74)55(73)51(45-68)81-65/h41,43,49-53,55-66,68-71,73-79H,3-40,42,44-48H2,1-2H3,(H,67,72)/b43-41+. The first-order chi connectivity index (χ1) is 41.3. The summed E-state index contributed by atoms with van der Waals surface area (Å²) in [4.78, 5) is 13.4. The zero-order valence-electron chi connectivity index (χ0n) is 52.9. The molecule has 0 saturated carbocycles. The van der Waals surface area contributed by atoms with Gasteiger partial charge in [-0.1, -0.05) is 257 Å². The molecule has 0 aliphatic carbocycles. The van der Waals surface area contributed by atoms with Crippen molar-refractivity contribution < 1.29 is 89.4 Å². The van der Waals surface area contributed by atoms with E-state index in [0.29, 0.717) is 6.42 Å².